The standard InChI is InChI=1S/C9H18.C8H13N.C8H16.C7H14/c1-5-9(6-7-9)8(2,3)4;1-7(2,3)8(6-9)4-5-8;1-8(2,3)7-5-4-6-7;1-7(2,3)6-4-5-6/h5-7H2,1-4H3;4-5H2,1-3H3;7H,4-6H2,1-3H3;6H,4-5H2,1-3H3. The first-order chi connectivity index (χ1) is 14.7. The second-order valence-corrected chi connectivity index (χ2v) is 16.0. The molecule has 1 nitrogen and oxygen atoms in total. The molecule has 0 radical (unpaired) electrons. The summed E-state index contributed by atoms with van der Waals surface area (Å²) < 4.78 is 0. The lowest BCUT2D eigenvalue weighted by Gasteiger charge is -2.37. The molecule has 0 aromatic carbocycles. The smallest absolute Gasteiger partial charge is 0.0695 e. The molecule has 0 aliphatic heterocycles. The molecule has 0 heterocycles. The van der Waals surface area contributed by atoms with E-state index in [1.54, 1.807) is 0 Å². The molecule has 4 aliphatic rings. The van der Waals surface area contributed by atoms with Gasteiger partial charge in [-0.15, -0.1) is 0 Å². The maximum Gasteiger partial charge on any atom is 0.0695 e. The van der Waals surface area contributed by atoms with E-state index in [0.29, 0.717) is 16.2 Å². The highest BCUT2D eigenvalue weighted by atomic mass is 14.6. The molecule has 0 bridgehead atoms. The molecule has 4 rings (SSSR count). The van der Waals surface area contributed by atoms with Crippen LogP contribution in [0.1, 0.15) is 154 Å². The number of nitriles is 1. The molecule has 0 aromatic heterocycles. The SMILES string of the molecule is CC(C)(C)C1(C#N)CC1.CC(C)(C)C1CC1.CC(C)(C)C1CCC1.CCC1(C(C)(C)C)CC1. The zero-order valence-corrected chi connectivity index (χ0v) is 25.2. The van der Waals surface area contributed by atoms with E-state index in [9.17, 15) is 0 Å². The van der Waals surface area contributed by atoms with Crippen molar-refractivity contribution in [1.29, 1.82) is 5.26 Å². The molecular formula is C32H61N. The lowest BCUT2D eigenvalue weighted by Crippen LogP contribution is -2.26. The highest BCUT2D eigenvalue weighted by Crippen LogP contribution is 2.60. The van der Waals surface area contributed by atoms with Gasteiger partial charge in [-0.05, 0) is 96.7 Å². The van der Waals surface area contributed by atoms with Gasteiger partial charge in [-0.2, -0.15) is 5.26 Å². The van der Waals surface area contributed by atoms with Crippen LogP contribution in [0.25, 0.3) is 0 Å². The van der Waals surface area contributed by atoms with Crippen LogP contribution < -0.4 is 0 Å². The van der Waals surface area contributed by atoms with Gasteiger partial charge in [0.1, 0.15) is 0 Å². The minimum atomic E-state index is 0.0347. The highest BCUT2D eigenvalue weighted by Gasteiger charge is 2.52. The second kappa shape index (κ2) is 10.6. The van der Waals surface area contributed by atoms with Gasteiger partial charge in [0, 0.05) is 0 Å². The van der Waals surface area contributed by atoms with E-state index >= 15 is 0 Å². The minimum absolute atomic E-state index is 0.0347. The molecule has 4 saturated carbocycles. The Morgan fingerprint density at radius 1 is 0.636 bits per heavy atom. The van der Waals surface area contributed by atoms with E-state index in [-0.39, 0.29) is 10.8 Å². The van der Waals surface area contributed by atoms with Crippen LogP contribution in [0.3, 0.4) is 0 Å². The fraction of sp³-hybridized carbons (Fsp3) is 0.969. The van der Waals surface area contributed by atoms with Crippen LogP contribution >= 0.6 is 0 Å². The van der Waals surface area contributed by atoms with Gasteiger partial charge in [-0.25, -0.2) is 0 Å². The summed E-state index contributed by atoms with van der Waals surface area (Å²) in [6, 6.07) is 2.39. The van der Waals surface area contributed by atoms with E-state index in [2.05, 4.69) is 96.1 Å². The summed E-state index contributed by atoms with van der Waals surface area (Å²) in [5, 5.41) is 8.74. The first kappa shape index (κ1) is 30.5. The van der Waals surface area contributed by atoms with Crippen molar-refractivity contribution in [2.45, 2.75) is 154 Å². The minimum Gasteiger partial charge on any atom is -0.198 e. The van der Waals surface area contributed by atoms with Gasteiger partial charge in [0.25, 0.3) is 0 Å². The van der Waals surface area contributed by atoms with Crippen molar-refractivity contribution >= 4 is 0 Å². The van der Waals surface area contributed by atoms with E-state index in [4.69, 9.17) is 5.26 Å². The first-order valence-electron chi connectivity index (χ1n) is 14.2. The second-order valence-electron chi connectivity index (χ2n) is 16.0. The van der Waals surface area contributed by atoms with E-state index in [1.807, 2.05) is 0 Å². The van der Waals surface area contributed by atoms with Gasteiger partial charge in [-0.3, -0.25) is 0 Å². The molecule has 0 aromatic rings. The Morgan fingerprint density at radius 2 is 1.03 bits per heavy atom. The Bertz CT molecular complexity index is 618. The predicted molar refractivity (Wildman–Crippen MR) is 147 cm³/mol. The van der Waals surface area contributed by atoms with Gasteiger partial charge in [-0.1, -0.05) is 96.4 Å². The lowest BCUT2D eigenvalue weighted by molar-refractivity contribution is 0.141. The number of nitrogens with zero attached hydrogens (tertiary/aromatic N) is 1. The fourth-order valence-corrected chi connectivity index (χ4v) is 5.16. The van der Waals surface area contributed by atoms with Crippen LogP contribution in [0.5, 0.6) is 0 Å². The highest BCUT2D eigenvalue weighted by molar-refractivity contribution is 5.15. The van der Waals surface area contributed by atoms with Gasteiger partial charge in [0.2, 0.25) is 0 Å². The van der Waals surface area contributed by atoms with Crippen LogP contribution in [0.15, 0.2) is 0 Å². The van der Waals surface area contributed by atoms with Crippen LogP contribution in [0, 0.1) is 55.7 Å². The summed E-state index contributed by atoms with van der Waals surface area (Å²) in [6.07, 6.45) is 13.9. The number of hydrogen-bond acceptors (Lipinski definition) is 1. The molecule has 0 atom stereocenters. The molecule has 194 valence electrons. The molecule has 0 N–H and O–H groups in total. The Hall–Kier alpha value is -0.510. The van der Waals surface area contributed by atoms with E-state index < -0.39 is 0 Å². The number of rotatable bonds is 1. The largest absolute Gasteiger partial charge is 0.198 e. The summed E-state index contributed by atoms with van der Waals surface area (Å²) >= 11 is 0. The average Bonchev–Trinajstić information content (AvgIpc) is 3.44. The van der Waals surface area contributed by atoms with Gasteiger partial charge >= 0.3 is 0 Å². The maximum absolute atomic E-state index is 8.74. The van der Waals surface area contributed by atoms with Crippen LogP contribution in [0.2, 0.25) is 0 Å². The monoisotopic (exact) mass is 459 g/mol. The quantitative estimate of drug-likeness (QED) is 0.382. The predicted octanol–water partition coefficient (Wildman–Crippen LogP) is 10.8. The van der Waals surface area contributed by atoms with Gasteiger partial charge in [0.15, 0.2) is 0 Å². The molecular weight excluding hydrogens is 398 g/mol. The Balaban J connectivity index is 0.000000221. The third-order valence-corrected chi connectivity index (χ3v) is 9.65. The molecule has 0 spiro atoms. The third-order valence-electron chi connectivity index (χ3n) is 9.65. The molecule has 0 saturated heterocycles. The van der Waals surface area contributed by atoms with Crippen molar-refractivity contribution in [1.82, 2.24) is 0 Å². The summed E-state index contributed by atoms with van der Waals surface area (Å²) in [6.45, 7) is 29.8. The maximum atomic E-state index is 8.74. The summed E-state index contributed by atoms with van der Waals surface area (Å²) in [5.74, 6) is 2.08. The Kier molecular flexibility index (Phi) is 9.83. The Morgan fingerprint density at radius 3 is 1.03 bits per heavy atom. The van der Waals surface area contributed by atoms with Gasteiger partial charge < -0.3 is 0 Å². The summed E-state index contributed by atoms with van der Waals surface area (Å²) in [5.41, 5.74) is 2.72. The zero-order chi connectivity index (χ0) is 25.9. The summed E-state index contributed by atoms with van der Waals surface area (Å²) in [7, 11) is 0. The molecule has 0 amide bonds. The lowest BCUT2D eigenvalue weighted by atomic mass is 9.69. The van der Waals surface area contributed by atoms with Crippen LogP contribution in [-0.4, -0.2) is 0 Å². The van der Waals surface area contributed by atoms with Crippen molar-refractivity contribution < 1.29 is 0 Å². The van der Waals surface area contributed by atoms with Gasteiger partial charge in [0.05, 0.1) is 11.5 Å². The van der Waals surface area contributed by atoms with E-state index in [1.165, 1.54) is 51.4 Å². The van der Waals surface area contributed by atoms with Crippen molar-refractivity contribution in [3.63, 3.8) is 0 Å². The first-order valence-corrected chi connectivity index (χ1v) is 14.2. The Labute approximate surface area is 209 Å². The van der Waals surface area contributed by atoms with Crippen molar-refractivity contribution in [2.75, 3.05) is 0 Å². The zero-order valence-electron chi connectivity index (χ0n) is 25.2. The number of hydrogen-bond donors (Lipinski definition) is 0. The average molecular weight is 460 g/mol. The summed E-state index contributed by atoms with van der Waals surface area (Å²) in [4.78, 5) is 0. The van der Waals surface area contributed by atoms with Crippen molar-refractivity contribution in [3.05, 3.63) is 0 Å². The van der Waals surface area contributed by atoms with E-state index in [0.717, 1.165) is 30.1 Å². The van der Waals surface area contributed by atoms with Crippen LogP contribution in [-0.2, 0) is 0 Å². The molecule has 4 fully saturated rings. The van der Waals surface area contributed by atoms with Crippen LogP contribution in [0.4, 0.5) is 0 Å². The molecule has 33 heavy (non-hydrogen) atoms. The fourth-order valence-electron chi connectivity index (χ4n) is 5.16. The molecule has 0 unspecified atom stereocenters. The topological polar surface area (TPSA) is 23.8 Å². The molecule has 1 heteroatoms. The normalized spacial score (nSPS) is 23.2. The molecule has 4 aliphatic carbocycles. The van der Waals surface area contributed by atoms with Crippen molar-refractivity contribution in [3.8, 4) is 6.07 Å². The third kappa shape index (κ3) is 9.22. The van der Waals surface area contributed by atoms with Crippen molar-refractivity contribution in [2.24, 2.45) is 44.3 Å².